The zero-order valence-electron chi connectivity index (χ0n) is 9.36. The Morgan fingerprint density at radius 1 is 1.38 bits per heavy atom. The first-order valence-corrected chi connectivity index (χ1v) is 6.25. The lowest BCUT2D eigenvalue weighted by molar-refractivity contribution is -0.138. The summed E-state index contributed by atoms with van der Waals surface area (Å²) in [6.45, 7) is 4.50. The number of carboxylic acid groups (broad SMARTS) is 1. The van der Waals surface area contributed by atoms with Crippen LogP contribution in [0.3, 0.4) is 0 Å². The molecule has 4 heteroatoms. The predicted molar refractivity (Wildman–Crippen MR) is 63.5 cm³/mol. The van der Waals surface area contributed by atoms with Gasteiger partial charge in [-0.25, -0.2) is 0 Å². The summed E-state index contributed by atoms with van der Waals surface area (Å²) in [7, 11) is 0. The zero-order valence-corrected chi connectivity index (χ0v) is 10.1. The number of nitrogens with zero attached hydrogens (tertiary/aromatic N) is 1. The fourth-order valence-corrected chi connectivity index (χ4v) is 3.39. The van der Waals surface area contributed by atoms with Crippen LogP contribution in [0.25, 0.3) is 0 Å². The van der Waals surface area contributed by atoms with Gasteiger partial charge in [-0.05, 0) is 31.6 Å². The average molecular weight is 244 g/mol. The van der Waals surface area contributed by atoms with Gasteiger partial charge in [-0.15, -0.1) is 0 Å². The molecule has 0 aromatic rings. The molecule has 2 fully saturated rings. The summed E-state index contributed by atoms with van der Waals surface area (Å²) < 4.78 is 0. The highest BCUT2D eigenvalue weighted by Gasteiger charge is 2.40. The highest BCUT2D eigenvalue weighted by atomic mass is 35.5. The van der Waals surface area contributed by atoms with Crippen molar-refractivity contribution in [1.82, 2.24) is 4.90 Å². The van der Waals surface area contributed by atoms with Gasteiger partial charge in [0.25, 0.3) is 0 Å². The molecule has 0 saturated carbocycles. The number of carboxylic acids is 1. The van der Waals surface area contributed by atoms with Crippen molar-refractivity contribution < 1.29 is 9.90 Å². The van der Waals surface area contributed by atoms with Crippen LogP contribution < -0.4 is 0 Å². The minimum atomic E-state index is -0.667. The minimum Gasteiger partial charge on any atom is -0.481 e. The minimum absolute atomic E-state index is 0.322. The molecule has 0 spiro atoms. The highest BCUT2D eigenvalue weighted by molar-refractivity contribution is 6.29. The summed E-state index contributed by atoms with van der Waals surface area (Å²) in [5, 5.41) is 9.51. The van der Waals surface area contributed by atoms with E-state index in [0.29, 0.717) is 29.5 Å². The molecule has 2 unspecified atom stereocenters. The SMILES string of the molecule is C=C(Cl)CN1C2CCC1CC(CC(=O)O)C2. The van der Waals surface area contributed by atoms with Crippen LogP contribution in [0.5, 0.6) is 0 Å². The number of hydrogen-bond acceptors (Lipinski definition) is 2. The highest BCUT2D eigenvalue weighted by Crippen LogP contribution is 2.40. The molecule has 90 valence electrons. The van der Waals surface area contributed by atoms with Crippen molar-refractivity contribution in [1.29, 1.82) is 0 Å². The number of fused-ring (bicyclic) bond motifs is 2. The Hall–Kier alpha value is -0.540. The van der Waals surface area contributed by atoms with Gasteiger partial charge in [0.1, 0.15) is 0 Å². The topological polar surface area (TPSA) is 40.5 Å². The van der Waals surface area contributed by atoms with E-state index in [4.69, 9.17) is 16.7 Å². The van der Waals surface area contributed by atoms with E-state index in [9.17, 15) is 4.79 Å². The van der Waals surface area contributed by atoms with Gasteiger partial charge in [-0.3, -0.25) is 9.69 Å². The molecule has 2 bridgehead atoms. The molecule has 3 nitrogen and oxygen atoms in total. The summed E-state index contributed by atoms with van der Waals surface area (Å²) in [5.74, 6) is -0.311. The first-order chi connectivity index (χ1) is 7.56. The van der Waals surface area contributed by atoms with Gasteiger partial charge in [0.15, 0.2) is 0 Å². The monoisotopic (exact) mass is 243 g/mol. The second kappa shape index (κ2) is 4.76. The lowest BCUT2D eigenvalue weighted by Crippen LogP contribution is -2.43. The Bertz CT molecular complexity index is 291. The molecule has 0 amide bonds. The van der Waals surface area contributed by atoms with Gasteiger partial charge in [0.2, 0.25) is 0 Å². The van der Waals surface area contributed by atoms with E-state index in [-0.39, 0.29) is 0 Å². The number of piperidine rings is 1. The Morgan fingerprint density at radius 3 is 2.38 bits per heavy atom. The van der Waals surface area contributed by atoms with Crippen LogP contribution >= 0.6 is 11.6 Å². The molecule has 0 radical (unpaired) electrons. The number of halogens is 1. The molecule has 0 aromatic carbocycles. The quantitative estimate of drug-likeness (QED) is 0.825. The van der Waals surface area contributed by atoms with Crippen molar-refractivity contribution in [3.8, 4) is 0 Å². The molecular weight excluding hydrogens is 226 g/mol. The van der Waals surface area contributed by atoms with Crippen LogP contribution in [0.4, 0.5) is 0 Å². The Labute approximate surface area is 101 Å². The molecule has 0 aliphatic carbocycles. The van der Waals surface area contributed by atoms with Crippen molar-refractivity contribution in [2.45, 2.75) is 44.2 Å². The van der Waals surface area contributed by atoms with E-state index < -0.39 is 5.97 Å². The number of aliphatic carboxylic acids is 1. The van der Waals surface area contributed by atoms with E-state index in [1.54, 1.807) is 0 Å². The maximum atomic E-state index is 10.7. The van der Waals surface area contributed by atoms with Gasteiger partial charge < -0.3 is 5.11 Å². The summed E-state index contributed by atoms with van der Waals surface area (Å²) >= 11 is 5.86. The first-order valence-electron chi connectivity index (χ1n) is 5.87. The van der Waals surface area contributed by atoms with Crippen molar-refractivity contribution in [2.24, 2.45) is 5.92 Å². The lowest BCUT2D eigenvalue weighted by atomic mass is 9.88. The summed E-state index contributed by atoms with van der Waals surface area (Å²) in [6.07, 6.45) is 4.71. The summed E-state index contributed by atoms with van der Waals surface area (Å²) in [4.78, 5) is 13.1. The molecule has 1 N–H and O–H groups in total. The Morgan fingerprint density at radius 2 is 1.94 bits per heavy atom. The molecule has 2 aliphatic rings. The lowest BCUT2D eigenvalue weighted by Gasteiger charge is -2.38. The van der Waals surface area contributed by atoms with E-state index in [1.165, 1.54) is 12.8 Å². The first kappa shape index (κ1) is 11.9. The van der Waals surface area contributed by atoms with E-state index in [0.717, 1.165) is 19.4 Å². The van der Waals surface area contributed by atoms with Crippen LogP contribution in [0, 0.1) is 5.92 Å². The molecular formula is C12H18ClNO2. The van der Waals surface area contributed by atoms with E-state index in [1.807, 2.05) is 0 Å². The second-order valence-electron chi connectivity index (χ2n) is 5.01. The standard InChI is InChI=1S/C12H18ClNO2/c1-8(13)7-14-10-2-3-11(14)5-9(4-10)6-12(15)16/h9-11H,1-7H2,(H,15,16). The maximum Gasteiger partial charge on any atom is 0.303 e. The van der Waals surface area contributed by atoms with Gasteiger partial charge in [-0.2, -0.15) is 0 Å². The van der Waals surface area contributed by atoms with Crippen molar-refractivity contribution in [3.05, 3.63) is 11.6 Å². The van der Waals surface area contributed by atoms with Crippen molar-refractivity contribution in [2.75, 3.05) is 6.54 Å². The van der Waals surface area contributed by atoms with Crippen LogP contribution in [0.2, 0.25) is 0 Å². The van der Waals surface area contributed by atoms with Crippen LogP contribution in [-0.2, 0) is 4.79 Å². The van der Waals surface area contributed by atoms with E-state index in [2.05, 4.69) is 11.5 Å². The van der Waals surface area contributed by atoms with Crippen LogP contribution in [0.15, 0.2) is 11.6 Å². The third kappa shape index (κ3) is 2.58. The third-order valence-corrected chi connectivity index (χ3v) is 3.92. The fraction of sp³-hybridized carbons (Fsp3) is 0.750. The van der Waals surface area contributed by atoms with Gasteiger partial charge in [0.05, 0.1) is 0 Å². The smallest absolute Gasteiger partial charge is 0.303 e. The Kier molecular flexibility index (Phi) is 3.55. The largest absolute Gasteiger partial charge is 0.481 e. The van der Waals surface area contributed by atoms with Crippen molar-refractivity contribution in [3.63, 3.8) is 0 Å². The summed E-state index contributed by atoms with van der Waals surface area (Å²) in [6, 6.07) is 1.05. The molecule has 0 aromatic heterocycles. The average Bonchev–Trinajstić information content (AvgIpc) is 2.43. The third-order valence-electron chi connectivity index (χ3n) is 3.80. The zero-order chi connectivity index (χ0) is 11.7. The number of hydrogen-bond donors (Lipinski definition) is 1. The van der Waals surface area contributed by atoms with Crippen LogP contribution in [-0.4, -0.2) is 34.6 Å². The van der Waals surface area contributed by atoms with Crippen LogP contribution in [0.1, 0.15) is 32.1 Å². The normalized spacial score (nSPS) is 33.9. The molecule has 2 aliphatic heterocycles. The molecule has 2 heterocycles. The number of rotatable bonds is 4. The summed E-state index contributed by atoms with van der Waals surface area (Å²) in [5.41, 5.74) is 0. The van der Waals surface area contributed by atoms with Gasteiger partial charge in [-0.1, -0.05) is 18.2 Å². The molecule has 2 atom stereocenters. The predicted octanol–water partition coefficient (Wildman–Crippen LogP) is 2.46. The van der Waals surface area contributed by atoms with Crippen molar-refractivity contribution >= 4 is 17.6 Å². The molecule has 2 saturated heterocycles. The van der Waals surface area contributed by atoms with E-state index >= 15 is 0 Å². The Balaban J connectivity index is 1.95. The van der Waals surface area contributed by atoms with Gasteiger partial charge in [0, 0.05) is 30.1 Å². The number of carbonyl (C=O) groups is 1. The maximum absolute atomic E-state index is 10.7. The van der Waals surface area contributed by atoms with Gasteiger partial charge >= 0.3 is 5.97 Å². The fourth-order valence-electron chi connectivity index (χ4n) is 3.26. The molecule has 16 heavy (non-hydrogen) atoms. The second-order valence-corrected chi connectivity index (χ2v) is 5.54. The molecule has 2 rings (SSSR count).